The second kappa shape index (κ2) is 10.1. The van der Waals surface area contributed by atoms with Gasteiger partial charge in [0, 0.05) is 6.54 Å². The van der Waals surface area contributed by atoms with E-state index in [0.29, 0.717) is 0 Å². The van der Waals surface area contributed by atoms with Gasteiger partial charge in [-0.3, -0.25) is 0 Å². The number of hydrogen-bond acceptors (Lipinski definition) is 3. The molecule has 0 bridgehead atoms. The van der Waals surface area contributed by atoms with Gasteiger partial charge in [0.2, 0.25) is 0 Å². The predicted molar refractivity (Wildman–Crippen MR) is 72.7 cm³/mol. The standard InChI is InChI=1S/C13H31N3/c1-5-16(11-7-10-15(3)4)12-13(2)8-6-9-14/h13H,5-12,14H2,1-4H3. The van der Waals surface area contributed by atoms with Gasteiger partial charge < -0.3 is 15.5 Å². The maximum Gasteiger partial charge on any atom is 0.000692 e. The second-order valence-electron chi connectivity index (χ2n) is 5.09. The van der Waals surface area contributed by atoms with Gasteiger partial charge in [0.15, 0.2) is 0 Å². The van der Waals surface area contributed by atoms with Gasteiger partial charge in [-0.2, -0.15) is 0 Å². The Hall–Kier alpha value is -0.120. The van der Waals surface area contributed by atoms with Gasteiger partial charge in [-0.05, 0) is 65.5 Å². The van der Waals surface area contributed by atoms with E-state index in [9.17, 15) is 0 Å². The van der Waals surface area contributed by atoms with E-state index in [1.54, 1.807) is 0 Å². The van der Waals surface area contributed by atoms with E-state index >= 15 is 0 Å². The van der Waals surface area contributed by atoms with Crippen molar-refractivity contribution >= 4 is 0 Å². The summed E-state index contributed by atoms with van der Waals surface area (Å²) < 4.78 is 0. The maximum absolute atomic E-state index is 5.53. The smallest absolute Gasteiger partial charge is 0.000692 e. The van der Waals surface area contributed by atoms with E-state index < -0.39 is 0 Å². The van der Waals surface area contributed by atoms with E-state index in [-0.39, 0.29) is 0 Å². The van der Waals surface area contributed by atoms with Gasteiger partial charge in [-0.15, -0.1) is 0 Å². The van der Waals surface area contributed by atoms with Crippen LogP contribution in [0.5, 0.6) is 0 Å². The maximum atomic E-state index is 5.53. The molecule has 0 fully saturated rings. The van der Waals surface area contributed by atoms with Crippen LogP contribution >= 0.6 is 0 Å². The summed E-state index contributed by atoms with van der Waals surface area (Å²) in [6.07, 6.45) is 3.70. The van der Waals surface area contributed by atoms with E-state index in [2.05, 4.69) is 37.7 Å². The topological polar surface area (TPSA) is 32.5 Å². The van der Waals surface area contributed by atoms with Crippen molar-refractivity contribution in [1.29, 1.82) is 0 Å². The van der Waals surface area contributed by atoms with Crippen LogP contribution in [-0.4, -0.2) is 56.6 Å². The summed E-state index contributed by atoms with van der Waals surface area (Å²) in [5, 5.41) is 0. The van der Waals surface area contributed by atoms with Gasteiger partial charge in [0.25, 0.3) is 0 Å². The zero-order valence-corrected chi connectivity index (χ0v) is 11.7. The molecule has 3 nitrogen and oxygen atoms in total. The lowest BCUT2D eigenvalue weighted by Gasteiger charge is -2.24. The summed E-state index contributed by atoms with van der Waals surface area (Å²) in [5.41, 5.74) is 5.53. The van der Waals surface area contributed by atoms with Crippen molar-refractivity contribution in [2.24, 2.45) is 11.7 Å². The molecule has 0 heterocycles. The third kappa shape index (κ3) is 9.13. The zero-order chi connectivity index (χ0) is 12.4. The molecule has 98 valence electrons. The van der Waals surface area contributed by atoms with E-state index in [0.717, 1.165) is 18.9 Å². The van der Waals surface area contributed by atoms with Crippen LogP contribution in [0.2, 0.25) is 0 Å². The predicted octanol–water partition coefficient (Wildman–Crippen LogP) is 1.64. The lowest BCUT2D eigenvalue weighted by Crippen LogP contribution is -2.31. The first-order valence-electron chi connectivity index (χ1n) is 6.67. The van der Waals surface area contributed by atoms with Crippen LogP contribution < -0.4 is 5.73 Å². The van der Waals surface area contributed by atoms with Crippen molar-refractivity contribution in [3.63, 3.8) is 0 Å². The van der Waals surface area contributed by atoms with E-state index in [4.69, 9.17) is 5.73 Å². The number of nitrogens with two attached hydrogens (primary N) is 1. The molecule has 0 spiro atoms. The minimum Gasteiger partial charge on any atom is -0.330 e. The fourth-order valence-corrected chi connectivity index (χ4v) is 1.99. The summed E-state index contributed by atoms with van der Waals surface area (Å²) in [4.78, 5) is 4.82. The van der Waals surface area contributed by atoms with E-state index in [1.807, 2.05) is 0 Å². The largest absolute Gasteiger partial charge is 0.330 e. The normalized spacial score (nSPS) is 13.7. The Bertz CT molecular complexity index is 148. The third-order valence-corrected chi connectivity index (χ3v) is 3.00. The molecule has 1 atom stereocenters. The van der Waals surface area contributed by atoms with Crippen LogP contribution in [0.15, 0.2) is 0 Å². The molecule has 0 aliphatic heterocycles. The molecule has 2 N–H and O–H groups in total. The Morgan fingerprint density at radius 3 is 2.31 bits per heavy atom. The second-order valence-corrected chi connectivity index (χ2v) is 5.09. The van der Waals surface area contributed by atoms with Crippen LogP contribution in [0, 0.1) is 5.92 Å². The van der Waals surface area contributed by atoms with Crippen LogP contribution in [0.1, 0.15) is 33.1 Å². The average Bonchev–Trinajstić information content (AvgIpc) is 2.24. The van der Waals surface area contributed by atoms with Crippen LogP contribution in [-0.2, 0) is 0 Å². The molecule has 1 unspecified atom stereocenters. The molecule has 0 aliphatic carbocycles. The van der Waals surface area contributed by atoms with Gasteiger partial charge in [-0.1, -0.05) is 13.8 Å². The van der Waals surface area contributed by atoms with Crippen molar-refractivity contribution < 1.29 is 0 Å². The van der Waals surface area contributed by atoms with Crippen molar-refractivity contribution in [2.75, 3.05) is 46.8 Å². The lowest BCUT2D eigenvalue weighted by atomic mass is 10.0. The van der Waals surface area contributed by atoms with Crippen LogP contribution in [0.4, 0.5) is 0 Å². The molecule has 0 aromatic heterocycles. The summed E-state index contributed by atoms with van der Waals surface area (Å²) in [6.45, 7) is 10.2. The first kappa shape index (κ1) is 15.9. The minimum atomic E-state index is 0.780. The van der Waals surface area contributed by atoms with Crippen LogP contribution in [0.3, 0.4) is 0 Å². The zero-order valence-electron chi connectivity index (χ0n) is 11.7. The highest BCUT2D eigenvalue weighted by atomic mass is 15.1. The summed E-state index contributed by atoms with van der Waals surface area (Å²) in [6, 6.07) is 0. The summed E-state index contributed by atoms with van der Waals surface area (Å²) >= 11 is 0. The fourth-order valence-electron chi connectivity index (χ4n) is 1.99. The highest BCUT2D eigenvalue weighted by molar-refractivity contribution is 4.63. The number of nitrogens with zero attached hydrogens (tertiary/aromatic N) is 2. The Kier molecular flexibility index (Phi) is 9.99. The average molecular weight is 229 g/mol. The van der Waals surface area contributed by atoms with Gasteiger partial charge in [-0.25, -0.2) is 0 Å². The highest BCUT2D eigenvalue weighted by Gasteiger charge is 2.08. The number of hydrogen-bond donors (Lipinski definition) is 1. The molecule has 0 aliphatic rings. The van der Waals surface area contributed by atoms with Gasteiger partial charge in [0.1, 0.15) is 0 Å². The third-order valence-electron chi connectivity index (χ3n) is 3.00. The van der Waals surface area contributed by atoms with Crippen molar-refractivity contribution in [3.8, 4) is 0 Å². The van der Waals surface area contributed by atoms with Crippen LogP contribution in [0.25, 0.3) is 0 Å². The molecule has 0 radical (unpaired) electrons. The monoisotopic (exact) mass is 229 g/mol. The first-order valence-corrected chi connectivity index (χ1v) is 6.67. The quantitative estimate of drug-likeness (QED) is 0.618. The van der Waals surface area contributed by atoms with Crippen molar-refractivity contribution in [3.05, 3.63) is 0 Å². The summed E-state index contributed by atoms with van der Waals surface area (Å²) in [7, 11) is 4.28. The Balaban J connectivity index is 3.64. The molecular weight excluding hydrogens is 198 g/mol. The SMILES string of the molecule is CCN(CCCN(C)C)CC(C)CCCN. The Morgan fingerprint density at radius 1 is 1.12 bits per heavy atom. The van der Waals surface area contributed by atoms with Crippen molar-refractivity contribution in [1.82, 2.24) is 9.80 Å². The molecule has 0 aromatic carbocycles. The first-order chi connectivity index (χ1) is 7.60. The van der Waals surface area contributed by atoms with Gasteiger partial charge in [0.05, 0.1) is 0 Å². The molecule has 0 aromatic rings. The molecule has 0 rings (SSSR count). The highest BCUT2D eigenvalue weighted by Crippen LogP contribution is 2.07. The van der Waals surface area contributed by atoms with Crippen molar-refractivity contribution in [2.45, 2.75) is 33.1 Å². The molecule has 0 amide bonds. The van der Waals surface area contributed by atoms with Gasteiger partial charge >= 0.3 is 0 Å². The summed E-state index contributed by atoms with van der Waals surface area (Å²) in [5.74, 6) is 0.780. The fraction of sp³-hybridized carbons (Fsp3) is 1.00. The molecule has 0 saturated heterocycles. The lowest BCUT2D eigenvalue weighted by molar-refractivity contribution is 0.229. The Morgan fingerprint density at radius 2 is 1.81 bits per heavy atom. The minimum absolute atomic E-state index is 0.780. The number of rotatable bonds is 10. The Labute approximate surface area is 102 Å². The molecule has 0 saturated carbocycles. The molecule has 16 heavy (non-hydrogen) atoms. The van der Waals surface area contributed by atoms with E-state index in [1.165, 1.54) is 39.0 Å². The molecular formula is C13H31N3. The molecule has 3 heteroatoms.